The predicted octanol–water partition coefficient (Wildman–Crippen LogP) is 2.94. The molecule has 7 nitrogen and oxygen atoms in total. The van der Waals surface area contributed by atoms with Crippen molar-refractivity contribution in [2.75, 3.05) is 19.6 Å². The molecule has 0 bridgehead atoms. The van der Waals surface area contributed by atoms with Gasteiger partial charge < -0.3 is 14.9 Å². The molecule has 3 aliphatic carbocycles. The fraction of sp³-hybridized carbons (Fsp3) is 0.591. The molecule has 4 aliphatic rings. The van der Waals surface area contributed by atoms with E-state index in [0.717, 1.165) is 31.7 Å². The van der Waals surface area contributed by atoms with Crippen molar-refractivity contribution >= 4 is 28.9 Å². The Morgan fingerprint density at radius 1 is 1.15 bits per heavy atom. The van der Waals surface area contributed by atoms with Gasteiger partial charge in [-0.3, -0.25) is 9.59 Å². The van der Waals surface area contributed by atoms with Gasteiger partial charge in [0.2, 0.25) is 5.91 Å². The molecule has 3 saturated carbocycles. The quantitative estimate of drug-likeness (QED) is 0.729. The number of carbonyl (C=O) groups is 2. The van der Waals surface area contributed by atoms with Crippen LogP contribution in [0.25, 0.3) is 5.52 Å². The highest BCUT2D eigenvalue weighted by Gasteiger charge is 2.57. The van der Waals surface area contributed by atoms with Gasteiger partial charge in [-0.2, -0.15) is 18.3 Å². The molecule has 2 atom stereocenters. The minimum atomic E-state index is -4.66. The monoisotopic (exact) mass is 482 g/mol. The van der Waals surface area contributed by atoms with Crippen molar-refractivity contribution in [2.45, 2.75) is 49.9 Å². The number of piperazine rings is 1. The first-order valence-corrected chi connectivity index (χ1v) is 11.6. The largest absolute Gasteiger partial charge is 0.433 e. The number of fused-ring (bicyclic) bond motifs is 2. The fourth-order valence-corrected chi connectivity index (χ4v) is 5.81. The number of aromatic nitrogens is 2. The normalized spacial score (nSPS) is 29.7. The number of rotatable bonds is 3. The molecule has 1 N–H and O–H groups in total. The molecule has 1 saturated heterocycles. The number of carbonyl (C=O) groups excluding carboxylic acids is 2. The van der Waals surface area contributed by atoms with Gasteiger partial charge in [0.05, 0.1) is 16.6 Å². The van der Waals surface area contributed by atoms with E-state index in [9.17, 15) is 27.9 Å². The van der Waals surface area contributed by atoms with Gasteiger partial charge in [-0.1, -0.05) is 11.6 Å². The van der Waals surface area contributed by atoms with E-state index in [1.807, 2.05) is 0 Å². The van der Waals surface area contributed by atoms with Gasteiger partial charge in [-0.25, -0.2) is 4.52 Å². The Kier molecular flexibility index (Phi) is 4.56. The third kappa shape index (κ3) is 3.41. The van der Waals surface area contributed by atoms with Crippen LogP contribution in [0.5, 0.6) is 0 Å². The molecule has 2 aromatic heterocycles. The number of amides is 2. The van der Waals surface area contributed by atoms with Crippen LogP contribution in [0, 0.1) is 11.8 Å². The summed E-state index contributed by atoms with van der Waals surface area (Å²) in [7, 11) is 0. The van der Waals surface area contributed by atoms with Crippen LogP contribution in [-0.2, 0) is 11.0 Å². The van der Waals surface area contributed by atoms with Gasteiger partial charge in [0.15, 0.2) is 5.69 Å². The second-order valence-corrected chi connectivity index (χ2v) is 10.0. The first-order chi connectivity index (χ1) is 15.6. The third-order valence-corrected chi connectivity index (χ3v) is 7.97. The van der Waals surface area contributed by atoms with Gasteiger partial charge in [0.1, 0.15) is 12.2 Å². The first-order valence-electron chi connectivity index (χ1n) is 11.2. The third-order valence-electron chi connectivity index (χ3n) is 7.60. The van der Waals surface area contributed by atoms with Crippen LogP contribution in [0.2, 0.25) is 5.02 Å². The summed E-state index contributed by atoms with van der Waals surface area (Å²) in [5.74, 6) is -0.260. The molecule has 11 heteroatoms. The van der Waals surface area contributed by atoms with Crippen LogP contribution < -0.4 is 0 Å². The minimum Gasteiger partial charge on any atom is -0.393 e. The molecule has 4 fully saturated rings. The van der Waals surface area contributed by atoms with Crippen LogP contribution in [-0.4, -0.2) is 68.1 Å². The number of aliphatic hydroxyl groups excluding tert-OH is 1. The molecular formula is C22H22ClF3N4O3. The summed E-state index contributed by atoms with van der Waals surface area (Å²) in [6.45, 7) is 0.425. The van der Waals surface area contributed by atoms with Crippen LogP contribution in [0.1, 0.15) is 53.3 Å². The topological polar surface area (TPSA) is 78.2 Å². The molecule has 0 radical (unpaired) electrons. The van der Waals surface area contributed by atoms with Gasteiger partial charge in [-0.15, -0.1) is 0 Å². The van der Waals surface area contributed by atoms with Crippen molar-refractivity contribution in [1.82, 2.24) is 19.4 Å². The van der Waals surface area contributed by atoms with Crippen molar-refractivity contribution in [2.24, 2.45) is 11.8 Å². The molecule has 1 aliphatic heterocycles. The van der Waals surface area contributed by atoms with Crippen molar-refractivity contribution in [3.63, 3.8) is 0 Å². The van der Waals surface area contributed by atoms with E-state index in [0.29, 0.717) is 16.6 Å². The number of nitrogens with zero attached hydrogens (tertiary/aromatic N) is 4. The SMILES string of the molecule is O=C(c1nn2c(C(F)(F)F)cc(C3CC3)cc2c1Cl)N1CCN(C2CC3C(O)C3C2)C(=O)C1. The van der Waals surface area contributed by atoms with Gasteiger partial charge in [0.25, 0.3) is 5.91 Å². The highest BCUT2D eigenvalue weighted by Crippen LogP contribution is 2.53. The number of hydrogen-bond acceptors (Lipinski definition) is 4. The number of hydrogen-bond donors (Lipinski definition) is 1. The Labute approximate surface area is 192 Å². The van der Waals surface area contributed by atoms with Crippen molar-refractivity contribution < 1.29 is 27.9 Å². The summed E-state index contributed by atoms with van der Waals surface area (Å²) in [6.07, 6.45) is -1.73. The fourth-order valence-electron chi connectivity index (χ4n) is 5.56. The van der Waals surface area contributed by atoms with E-state index in [4.69, 9.17) is 11.6 Å². The van der Waals surface area contributed by atoms with E-state index < -0.39 is 17.8 Å². The first kappa shape index (κ1) is 21.2. The summed E-state index contributed by atoms with van der Waals surface area (Å²) in [5.41, 5.74) is -0.656. The zero-order valence-corrected chi connectivity index (χ0v) is 18.3. The summed E-state index contributed by atoms with van der Waals surface area (Å²) >= 11 is 6.38. The van der Waals surface area contributed by atoms with Crippen LogP contribution >= 0.6 is 11.6 Å². The number of aliphatic hydroxyl groups is 1. The molecule has 3 heterocycles. The minimum absolute atomic E-state index is 0.0467. The molecule has 2 amide bonds. The Hall–Kier alpha value is -2.33. The zero-order valence-electron chi connectivity index (χ0n) is 17.6. The average molecular weight is 483 g/mol. The van der Waals surface area contributed by atoms with Crippen LogP contribution in [0.3, 0.4) is 0 Å². The zero-order chi connectivity index (χ0) is 23.2. The second-order valence-electron chi connectivity index (χ2n) is 9.66. The Morgan fingerprint density at radius 3 is 2.45 bits per heavy atom. The lowest BCUT2D eigenvalue weighted by atomic mass is 10.1. The van der Waals surface area contributed by atoms with E-state index in [-0.39, 0.29) is 65.1 Å². The van der Waals surface area contributed by atoms with Crippen molar-refractivity contribution in [1.29, 1.82) is 0 Å². The average Bonchev–Trinajstić information content (AvgIpc) is 3.63. The summed E-state index contributed by atoms with van der Waals surface area (Å²) in [4.78, 5) is 29.0. The standard InChI is InChI=1S/C22H22ClF3N4O3/c23-18-15-5-11(10-1-2-10)6-16(22(24,25)26)30(15)27-19(18)21(33)28-3-4-29(17(31)9-28)12-7-13-14(8-12)20(13)32/h5-6,10,12-14,20,32H,1-4,7-9H2. The summed E-state index contributed by atoms with van der Waals surface area (Å²) in [6, 6.07) is 2.72. The lowest BCUT2D eigenvalue weighted by Gasteiger charge is -2.38. The molecule has 176 valence electrons. The predicted molar refractivity (Wildman–Crippen MR) is 111 cm³/mol. The van der Waals surface area contributed by atoms with Crippen molar-refractivity contribution in [3.05, 3.63) is 34.1 Å². The number of pyridine rings is 1. The Morgan fingerprint density at radius 2 is 1.85 bits per heavy atom. The maximum absolute atomic E-state index is 13.7. The Balaban J connectivity index is 1.25. The number of alkyl halides is 3. The lowest BCUT2D eigenvalue weighted by Crippen LogP contribution is -2.55. The number of halogens is 4. The van der Waals surface area contributed by atoms with Gasteiger partial charge >= 0.3 is 6.18 Å². The highest BCUT2D eigenvalue weighted by atomic mass is 35.5. The van der Waals surface area contributed by atoms with E-state index >= 15 is 0 Å². The molecule has 6 rings (SSSR count). The molecule has 33 heavy (non-hydrogen) atoms. The van der Waals surface area contributed by atoms with Gasteiger partial charge in [-0.05, 0) is 61.1 Å². The molecule has 0 spiro atoms. The van der Waals surface area contributed by atoms with Crippen LogP contribution in [0.4, 0.5) is 13.2 Å². The molecule has 2 unspecified atom stereocenters. The van der Waals surface area contributed by atoms with E-state index in [1.54, 1.807) is 11.0 Å². The maximum Gasteiger partial charge on any atom is 0.433 e. The van der Waals surface area contributed by atoms with Crippen molar-refractivity contribution in [3.8, 4) is 0 Å². The van der Waals surface area contributed by atoms with Crippen LogP contribution in [0.15, 0.2) is 12.1 Å². The maximum atomic E-state index is 13.7. The van der Waals surface area contributed by atoms with E-state index in [2.05, 4.69) is 5.10 Å². The van der Waals surface area contributed by atoms with Gasteiger partial charge in [0, 0.05) is 19.1 Å². The smallest absolute Gasteiger partial charge is 0.393 e. The Bertz CT molecular complexity index is 1170. The van der Waals surface area contributed by atoms with E-state index in [1.165, 1.54) is 4.90 Å². The highest BCUT2D eigenvalue weighted by molar-refractivity contribution is 6.36. The second kappa shape index (κ2) is 7.09. The lowest BCUT2D eigenvalue weighted by molar-refractivity contribution is -0.142. The molecular weight excluding hydrogens is 461 g/mol. The molecule has 0 aromatic carbocycles. The summed E-state index contributed by atoms with van der Waals surface area (Å²) < 4.78 is 41.8. The molecule has 2 aromatic rings. The summed E-state index contributed by atoms with van der Waals surface area (Å²) in [5, 5.41) is 13.5.